The minimum Gasteiger partial charge on any atom is -0.488 e. The van der Waals surface area contributed by atoms with Crippen molar-refractivity contribution in [1.29, 1.82) is 0 Å². The van der Waals surface area contributed by atoms with E-state index in [1.54, 1.807) is 0 Å². The summed E-state index contributed by atoms with van der Waals surface area (Å²) in [5.74, 6) is 7.85. The number of nitrogens with zero attached hydrogens (tertiary/aromatic N) is 4. The van der Waals surface area contributed by atoms with Crippen LogP contribution in [0.15, 0.2) is 18.5 Å². The van der Waals surface area contributed by atoms with Gasteiger partial charge in [-0.1, -0.05) is 17.1 Å². The van der Waals surface area contributed by atoms with E-state index < -0.39 is 0 Å². The first-order chi connectivity index (χ1) is 13.3. The molecule has 6 heteroatoms. The van der Waals surface area contributed by atoms with Crippen LogP contribution in [-0.2, 0) is 11.3 Å². The van der Waals surface area contributed by atoms with Gasteiger partial charge in [-0.25, -0.2) is 9.67 Å². The number of ether oxygens (including phenoxy) is 2. The average molecular weight is 364 g/mol. The van der Waals surface area contributed by atoms with Crippen molar-refractivity contribution < 1.29 is 9.47 Å². The zero-order valence-electron chi connectivity index (χ0n) is 15.4. The zero-order chi connectivity index (χ0) is 18.1. The third kappa shape index (κ3) is 4.30. The summed E-state index contributed by atoms with van der Waals surface area (Å²) in [6.45, 7) is 1.58. The third-order valence-corrected chi connectivity index (χ3v) is 5.11. The molecule has 3 fully saturated rings. The van der Waals surface area contributed by atoms with E-state index in [9.17, 15) is 0 Å². The van der Waals surface area contributed by atoms with E-state index in [-0.39, 0.29) is 6.10 Å². The summed E-state index contributed by atoms with van der Waals surface area (Å²) in [7, 11) is 0. The van der Waals surface area contributed by atoms with E-state index in [1.807, 2.05) is 23.1 Å². The largest absolute Gasteiger partial charge is 0.488 e. The molecule has 0 unspecified atom stereocenters. The van der Waals surface area contributed by atoms with Gasteiger partial charge in [0.1, 0.15) is 17.1 Å². The lowest BCUT2D eigenvalue weighted by molar-refractivity contribution is 0.00370. The van der Waals surface area contributed by atoms with Crippen LogP contribution in [0.2, 0.25) is 0 Å². The standard InChI is InChI=1S/C21H24N4O2/c1-2-10-26-18(3-1)13-25-14-19(23-24-25)21-20(27-17-8-9-17)11-16(12-22-21)7-6-15-4-5-15/h11-12,14-15,17-18H,1-5,8-10,13H2/t18-/m1/s1. The molecule has 2 aromatic rings. The maximum Gasteiger partial charge on any atom is 0.148 e. The zero-order valence-corrected chi connectivity index (χ0v) is 15.4. The highest BCUT2D eigenvalue weighted by atomic mass is 16.5. The molecule has 1 atom stereocenters. The second-order valence-corrected chi connectivity index (χ2v) is 7.75. The Morgan fingerprint density at radius 3 is 2.89 bits per heavy atom. The monoisotopic (exact) mass is 364 g/mol. The lowest BCUT2D eigenvalue weighted by Crippen LogP contribution is -2.24. The van der Waals surface area contributed by atoms with Gasteiger partial charge < -0.3 is 9.47 Å². The summed E-state index contributed by atoms with van der Waals surface area (Å²) in [5, 5.41) is 8.61. The normalized spacial score (nSPS) is 22.1. The molecule has 1 aliphatic heterocycles. The molecule has 2 aliphatic carbocycles. The topological polar surface area (TPSA) is 62.1 Å². The van der Waals surface area contributed by atoms with E-state index in [1.165, 1.54) is 19.3 Å². The quantitative estimate of drug-likeness (QED) is 0.763. The molecule has 0 radical (unpaired) electrons. The van der Waals surface area contributed by atoms with Crippen molar-refractivity contribution >= 4 is 0 Å². The SMILES string of the molecule is C(#CC1CC1)c1cnc(-c2cn(C[C@H]3CCCCO3)nn2)c(OC2CC2)c1. The van der Waals surface area contributed by atoms with Crippen molar-refractivity contribution in [3.8, 4) is 29.0 Å². The van der Waals surface area contributed by atoms with Gasteiger partial charge in [0.15, 0.2) is 0 Å². The molecule has 3 heterocycles. The predicted octanol–water partition coefficient (Wildman–Crippen LogP) is 3.21. The number of hydrogen-bond acceptors (Lipinski definition) is 5. The average Bonchev–Trinajstić information content (AvgIpc) is 3.62. The molecule has 3 aliphatic rings. The van der Waals surface area contributed by atoms with Crippen molar-refractivity contribution in [1.82, 2.24) is 20.0 Å². The van der Waals surface area contributed by atoms with Crippen LogP contribution >= 0.6 is 0 Å². The molecule has 0 N–H and O–H groups in total. The molecule has 2 aromatic heterocycles. The Bertz CT molecular complexity index is 868. The van der Waals surface area contributed by atoms with Crippen molar-refractivity contribution in [2.45, 2.75) is 63.7 Å². The van der Waals surface area contributed by atoms with E-state index in [2.05, 4.69) is 27.1 Å². The maximum atomic E-state index is 6.10. The highest BCUT2D eigenvalue weighted by molar-refractivity contribution is 5.63. The predicted molar refractivity (Wildman–Crippen MR) is 100 cm³/mol. The molecule has 27 heavy (non-hydrogen) atoms. The second-order valence-electron chi connectivity index (χ2n) is 7.75. The van der Waals surface area contributed by atoms with Crippen LogP contribution in [0.1, 0.15) is 50.5 Å². The van der Waals surface area contributed by atoms with Gasteiger partial charge in [-0.3, -0.25) is 0 Å². The van der Waals surface area contributed by atoms with Gasteiger partial charge in [0.2, 0.25) is 0 Å². The summed E-state index contributed by atoms with van der Waals surface area (Å²) >= 11 is 0. The van der Waals surface area contributed by atoms with Gasteiger partial charge in [-0.15, -0.1) is 5.10 Å². The summed E-state index contributed by atoms with van der Waals surface area (Å²) in [6.07, 6.45) is 12.4. The van der Waals surface area contributed by atoms with E-state index in [0.717, 1.165) is 61.5 Å². The van der Waals surface area contributed by atoms with Crippen LogP contribution in [0, 0.1) is 17.8 Å². The summed E-state index contributed by atoms with van der Waals surface area (Å²) in [6, 6.07) is 2.00. The number of hydrogen-bond donors (Lipinski definition) is 0. The molecule has 5 rings (SSSR count). The first-order valence-corrected chi connectivity index (χ1v) is 10.0. The first kappa shape index (κ1) is 16.8. The fraction of sp³-hybridized carbons (Fsp3) is 0.571. The van der Waals surface area contributed by atoms with Gasteiger partial charge in [0, 0.05) is 24.3 Å². The molecular formula is C21H24N4O2. The molecule has 0 spiro atoms. The van der Waals surface area contributed by atoms with Gasteiger partial charge in [0.25, 0.3) is 0 Å². The molecule has 0 amide bonds. The first-order valence-electron chi connectivity index (χ1n) is 10.0. The van der Waals surface area contributed by atoms with Crippen molar-refractivity contribution in [3.63, 3.8) is 0 Å². The molecule has 140 valence electrons. The third-order valence-electron chi connectivity index (χ3n) is 5.11. The van der Waals surface area contributed by atoms with Gasteiger partial charge in [-0.2, -0.15) is 0 Å². The number of aromatic nitrogens is 4. The minimum absolute atomic E-state index is 0.225. The van der Waals surface area contributed by atoms with Gasteiger partial charge >= 0.3 is 0 Å². The summed E-state index contributed by atoms with van der Waals surface area (Å²) in [5.41, 5.74) is 2.39. The van der Waals surface area contributed by atoms with Crippen LogP contribution in [0.4, 0.5) is 0 Å². The van der Waals surface area contributed by atoms with Crippen LogP contribution in [0.25, 0.3) is 11.4 Å². The Hall–Kier alpha value is -2.39. The minimum atomic E-state index is 0.225. The molecule has 0 aromatic carbocycles. The lowest BCUT2D eigenvalue weighted by atomic mass is 10.1. The number of rotatable bonds is 5. The molecular weight excluding hydrogens is 340 g/mol. The smallest absolute Gasteiger partial charge is 0.148 e. The van der Waals surface area contributed by atoms with Crippen molar-refractivity contribution in [2.75, 3.05) is 6.61 Å². The van der Waals surface area contributed by atoms with E-state index >= 15 is 0 Å². The van der Waals surface area contributed by atoms with Crippen molar-refractivity contribution in [2.24, 2.45) is 5.92 Å². The van der Waals surface area contributed by atoms with Crippen molar-refractivity contribution in [3.05, 3.63) is 24.0 Å². The maximum absolute atomic E-state index is 6.10. The second kappa shape index (κ2) is 7.32. The fourth-order valence-corrected chi connectivity index (χ4v) is 3.23. The lowest BCUT2D eigenvalue weighted by Gasteiger charge is -2.21. The highest BCUT2D eigenvalue weighted by Crippen LogP contribution is 2.33. The van der Waals surface area contributed by atoms with Crippen LogP contribution in [-0.4, -0.2) is 38.8 Å². The Morgan fingerprint density at radius 1 is 1.19 bits per heavy atom. The van der Waals surface area contributed by atoms with Crippen LogP contribution in [0.5, 0.6) is 5.75 Å². The van der Waals surface area contributed by atoms with Crippen LogP contribution in [0.3, 0.4) is 0 Å². The Balaban J connectivity index is 1.37. The van der Waals surface area contributed by atoms with E-state index in [4.69, 9.17) is 9.47 Å². The number of pyridine rings is 1. The fourth-order valence-electron chi connectivity index (χ4n) is 3.23. The Morgan fingerprint density at radius 2 is 2.11 bits per heavy atom. The molecule has 1 saturated heterocycles. The molecule has 2 saturated carbocycles. The Kier molecular flexibility index (Phi) is 4.54. The highest BCUT2D eigenvalue weighted by Gasteiger charge is 2.26. The van der Waals surface area contributed by atoms with E-state index in [0.29, 0.717) is 12.0 Å². The van der Waals surface area contributed by atoms with Crippen LogP contribution < -0.4 is 4.74 Å². The van der Waals surface area contributed by atoms with Gasteiger partial charge in [0.05, 0.1) is 24.9 Å². The van der Waals surface area contributed by atoms with Gasteiger partial charge in [-0.05, 0) is 51.0 Å². The Labute approximate surface area is 159 Å². The molecule has 6 nitrogen and oxygen atoms in total. The summed E-state index contributed by atoms with van der Waals surface area (Å²) < 4.78 is 13.8. The molecule has 0 bridgehead atoms. The summed E-state index contributed by atoms with van der Waals surface area (Å²) in [4.78, 5) is 4.61.